The van der Waals surface area contributed by atoms with Crippen molar-refractivity contribution < 1.29 is 22.3 Å². The molecule has 0 spiro atoms. The molecule has 2 aliphatic rings. The molecule has 30 heavy (non-hydrogen) atoms. The van der Waals surface area contributed by atoms with Crippen LogP contribution < -0.4 is 4.74 Å². The summed E-state index contributed by atoms with van der Waals surface area (Å²) in [5, 5.41) is 8.54. The Labute approximate surface area is 175 Å². The van der Waals surface area contributed by atoms with Crippen LogP contribution in [0, 0.1) is 29.1 Å². The largest absolute Gasteiger partial charge is 0.573 e. The van der Waals surface area contributed by atoms with E-state index in [1.165, 1.54) is 18.2 Å². The first-order chi connectivity index (χ1) is 14.3. The van der Waals surface area contributed by atoms with Gasteiger partial charge in [0.15, 0.2) is 5.83 Å². The van der Waals surface area contributed by atoms with Crippen LogP contribution in [0.25, 0.3) is 0 Å². The van der Waals surface area contributed by atoms with E-state index in [1.807, 2.05) is 0 Å². The number of nitriles is 1. The molecule has 2 aliphatic carbocycles. The maximum atomic E-state index is 13.1. The molecule has 2 saturated carbocycles. The van der Waals surface area contributed by atoms with E-state index in [0.717, 1.165) is 56.9 Å². The molecule has 0 saturated heterocycles. The lowest BCUT2D eigenvalue weighted by Gasteiger charge is -2.28. The van der Waals surface area contributed by atoms with Gasteiger partial charge in [-0.2, -0.15) is 9.65 Å². The molecule has 0 radical (unpaired) electrons. The average Bonchev–Trinajstić information content (AvgIpc) is 2.73. The highest BCUT2D eigenvalue weighted by Gasteiger charge is 2.31. The Bertz CT molecular complexity index is 775. The molecule has 0 unspecified atom stereocenters. The van der Waals surface area contributed by atoms with Gasteiger partial charge in [0.1, 0.15) is 11.8 Å². The van der Waals surface area contributed by atoms with E-state index < -0.39 is 12.2 Å². The topological polar surface area (TPSA) is 33.0 Å². The van der Waals surface area contributed by atoms with Crippen LogP contribution in [0.15, 0.2) is 48.3 Å². The number of hydrogen-bond donors (Lipinski definition) is 0. The molecule has 0 amide bonds. The normalized spacial score (nSPS) is 28.3. The van der Waals surface area contributed by atoms with Gasteiger partial charge in [-0.15, -0.1) is 13.2 Å². The monoisotopic (exact) mass is 421 g/mol. The molecule has 0 heterocycles. The molecule has 1 aromatic rings. The van der Waals surface area contributed by atoms with Crippen molar-refractivity contribution in [3.8, 4) is 11.8 Å². The van der Waals surface area contributed by atoms with Crippen LogP contribution in [0.1, 0.15) is 62.8 Å². The Kier molecular flexibility index (Phi) is 7.58. The summed E-state index contributed by atoms with van der Waals surface area (Å²) < 4.78 is 53.8. The third kappa shape index (κ3) is 6.90. The lowest BCUT2D eigenvalue weighted by Crippen LogP contribution is -2.17. The highest BCUT2D eigenvalue weighted by Crippen LogP contribution is 2.38. The number of halogens is 4. The van der Waals surface area contributed by atoms with Gasteiger partial charge in [0.05, 0.1) is 0 Å². The zero-order chi connectivity index (χ0) is 21.6. The molecule has 0 aliphatic heterocycles. The fourth-order valence-electron chi connectivity index (χ4n) is 4.65. The summed E-state index contributed by atoms with van der Waals surface area (Å²) in [7, 11) is 0. The Hall–Kier alpha value is -2.29. The molecule has 3 rings (SSSR count). The van der Waals surface area contributed by atoms with Crippen LogP contribution in [0.5, 0.6) is 5.75 Å². The highest BCUT2D eigenvalue weighted by molar-refractivity contribution is 5.30. The zero-order valence-electron chi connectivity index (χ0n) is 16.9. The van der Waals surface area contributed by atoms with Crippen LogP contribution in [-0.4, -0.2) is 6.36 Å². The fourth-order valence-corrected chi connectivity index (χ4v) is 4.65. The van der Waals surface area contributed by atoms with Crippen molar-refractivity contribution in [3.63, 3.8) is 0 Å². The van der Waals surface area contributed by atoms with E-state index >= 15 is 0 Å². The lowest BCUT2D eigenvalue weighted by atomic mass is 9.77. The van der Waals surface area contributed by atoms with Crippen molar-refractivity contribution in [2.24, 2.45) is 17.8 Å². The Balaban J connectivity index is 1.42. The number of hydrogen-bond acceptors (Lipinski definition) is 2. The number of benzene rings is 1. The predicted octanol–water partition coefficient (Wildman–Crippen LogP) is 7.60. The number of rotatable bonds is 5. The van der Waals surface area contributed by atoms with Gasteiger partial charge in [-0.3, -0.25) is 0 Å². The minimum Gasteiger partial charge on any atom is -0.406 e. The molecule has 2 nitrogen and oxygen atoms in total. The standard InChI is InChI=1S/C24H27F4NO/c25-22(16-29)15-19-5-3-17(4-6-19)1-2-18-7-9-20(10-8-18)21-11-13-23(14-12-21)30-24(26,27)28/h1-2,11-15,17-20H,3-10H2. The Morgan fingerprint density at radius 1 is 0.867 bits per heavy atom. The minimum absolute atomic E-state index is 0.177. The molecule has 1 aromatic carbocycles. The summed E-state index contributed by atoms with van der Waals surface area (Å²) in [6.07, 6.45) is 9.55. The minimum atomic E-state index is -4.66. The van der Waals surface area contributed by atoms with Crippen molar-refractivity contribution in [2.45, 2.75) is 63.6 Å². The van der Waals surface area contributed by atoms with Gasteiger partial charge >= 0.3 is 6.36 Å². The maximum absolute atomic E-state index is 13.1. The smallest absolute Gasteiger partial charge is 0.406 e. The average molecular weight is 421 g/mol. The molecular weight excluding hydrogens is 394 g/mol. The maximum Gasteiger partial charge on any atom is 0.573 e. The van der Waals surface area contributed by atoms with E-state index in [9.17, 15) is 17.6 Å². The van der Waals surface area contributed by atoms with Crippen LogP contribution in [0.3, 0.4) is 0 Å². The molecule has 0 aromatic heterocycles. The third-order valence-electron chi connectivity index (χ3n) is 6.32. The molecular formula is C24H27F4NO. The summed E-state index contributed by atoms with van der Waals surface area (Å²) in [4.78, 5) is 0. The Morgan fingerprint density at radius 3 is 1.87 bits per heavy atom. The van der Waals surface area contributed by atoms with E-state index in [0.29, 0.717) is 17.8 Å². The molecule has 0 bridgehead atoms. The summed E-state index contributed by atoms with van der Waals surface area (Å²) in [6, 6.07) is 7.81. The quantitative estimate of drug-likeness (QED) is 0.279. The first kappa shape index (κ1) is 22.4. The van der Waals surface area contributed by atoms with Crippen LogP contribution in [0.4, 0.5) is 17.6 Å². The molecule has 0 atom stereocenters. The van der Waals surface area contributed by atoms with E-state index in [2.05, 4.69) is 16.9 Å². The fraction of sp³-hybridized carbons (Fsp3) is 0.542. The van der Waals surface area contributed by atoms with Gasteiger partial charge < -0.3 is 4.74 Å². The van der Waals surface area contributed by atoms with Crippen molar-refractivity contribution in [2.75, 3.05) is 0 Å². The van der Waals surface area contributed by atoms with E-state index in [1.54, 1.807) is 18.2 Å². The number of nitrogens with zero attached hydrogens (tertiary/aromatic N) is 1. The molecule has 0 N–H and O–H groups in total. The first-order valence-electron chi connectivity index (χ1n) is 10.6. The summed E-state index contributed by atoms with van der Waals surface area (Å²) in [5.74, 6) is 0.780. The number of alkyl halides is 3. The first-order valence-corrected chi connectivity index (χ1v) is 10.6. The van der Waals surface area contributed by atoms with Crippen molar-refractivity contribution in [1.82, 2.24) is 0 Å². The molecule has 162 valence electrons. The summed E-state index contributed by atoms with van der Waals surface area (Å²) in [5.41, 5.74) is 1.07. The predicted molar refractivity (Wildman–Crippen MR) is 107 cm³/mol. The van der Waals surface area contributed by atoms with E-state index in [4.69, 9.17) is 5.26 Å². The Morgan fingerprint density at radius 2 is 1.37 bits per heavy atom. The number of ether oxygens (including phenoxy) is 1. The SMILES string of the molecule is N#CC(F)=CC1CCC(C=CC2CCC(c3ccc(OC(F)(F)F)cc3)CC2)CC1. The van der Waals surface area contributed by atoms with Crippen LogP contribution in [-0.2, 0) is 0 Å². The van der Waals surface area contributed by atoms with Gasteiger partial charge in [-0.25, -0.2) is 0 Å². The number of allylic oxidation sites excluding steroid dienone is 4. The molecule has 2 fully saturated rings. The third-order valence-corrected chi connectivity index (χ3v) is 6.32. The van der Waals surface area contributed by atoms with Gasteiger partial charge in [-0.05, 0) is 98.8 Å². The van der Waals surface area contributed by atoms with Gasteiger partial charge in [0, 0.05) is 0 Å². The van der Waals surface area contributed by atoms with Crippen molar-refractivity contribution in [1.29, 1.82) is 5.26 Å². The van der Waals surface area contributed by atoms with Crippen LogP contribution in [0.2, 0.25) is 0 Å². The van der Waals surface area contributed by atoms with Gasteiger partial charge in [0.2, 0.25) is 0 Å². The second-order valence-electron chi connectivity index (χ2n) is 8.41. The van der Waals surface area contributed by atoms with Crippen molar-refractivity contribution >= 4 is 0 Å². The summed E-state index contributed by atoms with van der Waals surface area (Å²) in [6.45, 7) is 0. The van der Waals surface area contributed by atoms with E-state index in [-0.39, 0.29) is 11.7 Å². The van der Waals surface area contributed by atoms with Gasteiger partial charge in [-0.1, -0.05) is 24.3 Å². The van der Waals surface area contributed by atoms with Gasteiger partial charge in [0.25, 0.3) is 0 Å². The lowest BCUT2D eigenvalue weighted by molar-refractivity contribution is -0.274. The zero-order valence-corrected chi connectivity index (χ0v) is 16.9. The second kappa shape index (κ2) is 10.1. The highest BCUT2D eigenvalue weighted by atomic mass is 19.4. The van der Waals surface area contributed by atoms with Crippen molar-refractivity contribution in [3.05, 3.63) is 53.9 Å². The molecule has 6 heteroatoms. The summed E-state index contributed by atoms with van der Waals surface area (Å²) >= 11 is 0. The second-order valence-corrected chi connectivity index (χ2v) is 8.41. The van der Waals surface area contributed by atoms with Crippen LogP contribution >= 0.6 is 0 Å².